The van der Waals surface area contributed by atoms with Crippen LogP contribution >= 0.6 is 0 Å². The summed E-state index contributed by atoms with van der Waals surface area (Å²) in [5.41, 5.74) is 0. The van der Waals surface area contributed by atoms with E-state index in [1.54, 1.807) is 0 Å². The lowest BCUT2D eigenvalue weighted by Crippen LogP contribution is -1.93. The quantitative estimate of drug-likeness (QED) is 0.373. The van der Waals surface area contributed by atoms with Gasteiger partial charge in [0.05, 0.1) is 0 Å². The van der Waals surface area contributed by atoms with Gasteiger partial charge in [0.2, 0.25) is 0 Å². The van der Waals surface area contributed by atoms with Crippen molar-refractivity contribution in [3.05, 3.63) is 0 Å². The van der Waals surface area contributed by atoms with Gasteiger partial charge in [0.15, 0.2) is 0 Å². The lowest BCUT2D eigenvalue weighted by Gasteiger charge is -2.08. The molecular weight excluding hydrogens is 216 g/mol. The van der Waals surface area contributed by atoms with Gasteiger partial charge in [0.25, 0.3) is 0 Å². The minimum Gasteiger partial charge on any atom is -0.0683 e. The molecule has 0 fully saturated rings. The first-order valence-corrected chi connectivity index (χ1v) is 8.72. The molecule has 0 heterocycles. The molecule has 18 heavy (non-hydrogen) atoms. The third-order valence-corrected chi connectivity index (χ3v) is 3.08. The van der Waals surface area contributed by atoms with E-state index in [2.05, 4.69) is 34.6 Å². The molecule has 0 aliphatic carbocycles. The Balaban J connectivity index is -0.000000317. The van der Waals surface area contributed by atoms with Crippen LogP contribution in [0.25, 0.3) is 0 Å². The summed E-state index contributed by atoms with van der Waals surface area (Å²) in [6, 6.07) is 0. The Bertz CT molecular complexity index is 94.2. The first kappa shape index (κ1) is 23.1. The molecule has 0 aromatic heterocycles. The third-order valence-electron chi connectivity index (χ3n) is 3.08. The second-order valence-corrected chi connectivity index (χ2v) is 5.10. The van der Waals surface area contributed by atoms with E-state index in [0.717, 1.165) is 5.92 Å². The number of rotatable bonds is 9. The molecule has 1 atom stereocenters. The summed E-state index contributed by atoms with van der Waals surface area (Å²) in [7, 11) is 0. The molecule has 0 amide bonds. The van der Waals surface area contributed by atoms with Gasteiger partial charge in [-0.3, -0.25) is 0 Å². The van der Waals surface area contributed by atoms with Crippen molar-refractivity contribution >= 4 is 0 Å². The summed E-state index contributed by atoms with van der Waals surface area (Å²) in [5, 5.41) is 0. The van der Waals surface area contributed by atoms with E-state index < -0.39 is 0 Å². The van der Waals surface area contributed by atoms with Crippen molar-refractivity contribution in [3.63, 3.8) is 0 Å². The smallest absolute Gasteiger partial charge is 0.0443 e. The van der Waals surface area contributed by atoms with E-state index >= 15 is 0 Å². The van der Waals surface area contributed by atoms with Crippen LogP contribution in [-0.4, -0.2) is 0 Å². The van der Waals surface area contributed by atoms with Crippen molar-refractivity contribution < 1.29 is 0 Å². The molecule has 114 valence electrons. The van der Waals surface area contributed by atoms with Gasteiger partial charge in [-0.25, -0.2) is 0 Å². The third kappa shape index (κ3) is 29.8. The lowest BCUT2D eigenvalue weighted by molar-refractivity contribution is 0.453. The van der Waals surface area contributed by atoms with Crippen molar-refractivity contribution in [2.45, 2.75) is 113 Å². The highest BCUT2D eigenvalue weighted by molar-refractivity contribution is 4.52. The summed E-state index contributed by atoms with van der Waals surface area (Å²) < 4.78 is 0. The summed E-state index contributed by atoms with van der Waals surface area (Å²) in [6.07, 6.45) is 14.0. The number of unbranched alkanes of at least 4 members (excludes halogenated alkanes) is 5. The summed E-state index contributed by atoms with van der Waals surface area (Å²) in [4.78, 5) is 0. The van der Waals surface area contributed by atoms with Crippen molar-refractivity contribution in [1.29, 1.82) is 0 Å². The minimum absolute atomic E-state index is 0.969. The average molecular weight is 259 g/mol. The zero-order valence-electron chi connectivity index (χ0n) is 14.6. The van der Waals surface area contributed by atoms with Crippen LogP contribution in [0.5, 0.6) is 0 Å². The zero-order chi connectivity index (χ0) is 14.6. The van der Waals surface area contributed by atoms with E-state index in [1.165, 1.54) is 64.2 Å². The maximum atomic E-state index is 2.39. The van der Waals surface area contributed by atoms with Gasteiger partial charge < -0.3 is 0 Å². The maximum absolute atomic E-state index is 2.39. The van der Waals surface area contributed by atoms with Crippen LogP contribution in [0.3, 0.4) is 0 Å². The van der Waals surface area contributed by atoms with Crippen molar-refractivity contribution in [2.24, 2.45) is 5.92 Å². The fraction of sp³-hybridized carbons (Fsp3) is 1.00. The van der Waals surface area contributed by atoms with Crippen molar-refractivity contribution in [2.75, 3.05) is 0 Å². The average Bonchev–Trinajstić information content (AvgIpc) is 2.41. The maximum Gasteiger partial charge on any atom is -0.0443 e. The largest absolute Gasteiger partial charge is 0.0683 e. The highest BCUT2D eigenvalue weighted by atomic mass is 14.0. The molecule has 0 nitrogen and oxygen atoms in total. The molecule has 0 rings (SSSR count). The van der Waals surface area contributed by atoms with Gasteiger partial charge in [-0.05, 0) is 5.92 Å². The van der Waals surface area contributed by atoms with Crippen LogP contribution in [0.4, 0.5) is 0 Å². The zero-order valence-corrected chi connectivity index (χ0v) is 14.6. The van der Waals surface area contributed by atoms with Crippen molar-refractivity contribution in [3.8, 4) is 0 Å². The molecule has 0 aromatic rings. The Morgan fingerprint density at radius 1 is 0.556 bits per heavy atom. The Labute approximate surface area is 119 Å². The fourth-order valence-corrected chi connectivity index (χ4v) is 1.73. The standard InChI is InChI=1S/C12H26.C4H10.C2H6/c1-4-6-7-8-9-11-12(3)10-5-2;1-3-4-2;1-2/h12H,4-11H2,1-3H3;3-4H2,1-2H3;1-2H3. The molecule has 0 aliphatic heterocycles. The normalized spacial score (nSPS) is 10.8. The highest BCUT2D eigenvalue weighted by Gasteiger charge is 1.99. The SMILES string of the molecule is CC.CCCC.CCCCCCCC(C)CCC. The van der Waals surface area contributed by atoms with Crippen molar-refractivity contribution in [1.82, 2.24) is 0 Å². The predicted octanol–water partition coefficient (Wildman–Crippen LogP) is 7.62. The number of hydrogen-bond donors (Lipinski definition) is 0. The molecule has 0 aliphatic rings. The second kappa shape index (κ2) is 25.8. The summed E-state index contributed by atoms with van der Waals surface area (Å²) in [6.45, 7) is 15.3. The molecular formula is C18H42. The highest BCUT2D eigenvalue weighted by Crippen LogP contribution is 2.15. The van der Waals surface area contributed by atoms with Crippen LogP contribution in [-0.2, 0) is 0 Å². The Hall–Kier alpha value is 0. The van der Waals surface area contributed by atoms with Crippen LogP contribution < -0.4 is 0 Å². The predicted molar refractivity (Wildman–Crippen MR) is 89.4 cm³/mol. The van der Waals surface area contributed by atoms with Crippen LogP contribution in [0, 0.1) is 5.92 Å². The molecule has 0 saturated carbocycles. The first-order chi connectivity index (χ1) is 8.72. The second-order valence-electron chi connectivity index (χ2n) is 5.10. The first-order valence-electron chi connectivity index (χ1n) is 8.72. The monoisotopic (exact) mass is 258 g/mol. The lowest BCUT2D eigenvalue weighted by atomic mass is 9.98. The van der Waals surface area contributed by atoms with E-state index in [4.69, 9.17) is 0 Å². The van der Waals surface area contributed by atoms with Crippen LogP contribution in [0.15, 0.2) is 0 Å². The molecule has 0 spiro atoms. The molecule has 0 radical (unpaired) electrons. The van der Waals surface area contributed by atoms with Gasteiger partial charge >= 0.3 is 0 Å². The topological polar surface area (TPSA) is 0 Å². The van der Waals surface area contributed by atoms with Gasteiger partial charge in [0, 0.05) is 0 Å². The molecule has 0 heteroatoms. The van der Waals surface area contributed by atoms with Crippen LogP contribution in [0.1, 0.15) is 113 Å². The fourth-order valence-electron chi connectivity index (χ4n) is 1.73. The van der Waals surface area contributed by atoms with Gasteiger partial charge in [0.1, 0.15) is 0 Å². The number of hydrogen-bond acceptors (Lipinski definition) is 0. The van der Waals surface area contributed by atoms with Gasteiger partial charge in [-0.15, -0.1) is 0 Å². The molecule has 0 N–H and O–H groups in total. The summed E-state index contributed by atoms with van der Waals surface area (Å²) in [5.74, 6) is 0.969. The molecule has 0 saturated heterocycles. The molecule has 0 bridgehead atoms. The van der Waals surface area contributed by atoms with Crippen LogP contribution in [0.2, 0.25) is 0 Å². The molecule has 0 aromatic carbocycles. The Kier molecular flexibility index (Phi) is 33.1. The van der Waals surface area contributed by atoms with Gasteiger partial charge in [-0.2, -0.15) is 0 Å². The molecule has 1 unspecified atom stereocenters. The Morgan fingerprint density at radius 3 is 1.44 bits per heavy atom. The van der Waals surface area contributed by atoms with E-state index in [-0.39, 0.29) is 0 Å². The minimum atomic E-state index is 0.969. The summed E-state index contributed by atoms with van der Waals surface area (Å²) >= 11 is 0. The van der Waals surface area contributed by atoms with E-state index in [1.807, 2.05) is 13.8 Å². The van der Waals surface area contributed by atoms with E-state index in [9.17, 15) is 0 Å². The Morgan fingerprint density at radius 2 is 1.06 bits per heavy atom. The van der Waals surface area contributed by atoms with E-state index in [0.29, 0.717) is 0 Å². The van der Waals surface area contributed by atoms with Gasteiger partial charge in [-0.1, -0.05) is 113 Å².